The molecule has 0 N–H and O–H groups in total. The molecule has 0 aromatic rings. The van der Waals surface area contributed by atoms with Crippen molar-refractivity contribution in [3.63, 3.8) is 0 Å². The summed E-state index contributed by atoms with van der Waals surface area (Å²) in [4.78, 5) is 10.8. The number of rotatable bonds is 2. The van der Waals surface area contributed by atoms with Gasteiger partial charge < -0.3 is 4.74 Å². The van der Waals surface area contributed by atoms with Gasteiger partial charge in [0.2, 0.25) is 0 Å². The van der Waals surface area contributed by atoms with Crippen molar-refractivity contribution in [2.24, 2.45) is 5.41 Å². The summed E-state index contributed by atoms with van der Waals surface area (Å²) >= 11 is 0. The van der Waals surface area contributed by atoms with Gasteiger partial charge in [-0.1, -0.05) is 6.08 Å². The molecule has 0 spiro atoms. The van der Waals surface area contributed by atoms with Gasteiger partial charge in [-0.2, -0.15) is 0 Å². The van der Waals surface area contributed by atoms with Crippen molar-refractivity contribution in [3.05, 3.63) is 12.7 Å². The predicted octanol–water partition coefficient (Wildman–Crippen LogP) is 1.13. The molecule has 1 rings (SSSR count). The Bertz CT molecular complexity index is 145. The van der Waals surface area contributed by atoms with Crippen LogP contribution in [0.15, 0.2) is 12.7 Å². The van der Waals surface area contributed by atoms with Crippen LogP contribution in [-0.4, -0.2) is 13.1 Å². The van der Waals surface area contributed by atoms with Crippen molar-refractivity contribution in [3.8, 4) is 0 Å². The Morgan fingerprint density at radius 3 is 2.44 bits per heavy atom. The molecule has 9 heavy (non-hydrogen) atoms. The van der Waals surface area contributed by atoms with E-state index >= 15 is 0 Å². The fourth-order valence-electron chi connectivity index (χ4n) is 0.830. The van der Waals surface area contributed by atoms with Crippen molar-refractivity contribution in [1.82, 2.24) is 0 Å². The van der Waals surface area contributed by atoms with E-state index in [9.17, 15) is 4.79 Å². The largest absolute Gasteiger partial charge is 0.468 e. The molecule has 2 nitrogen and oxygen atoms in total. The van der Waals surface area contributed by atoms with Crippen LogP contribution in [0.3, 0.4) is 0 Å². The van der Waals surface area contributed by atoms with Gasteiger partial charge in [0.25, 0.3) is 0 Å². The summed E-state index contributed by atoms with van der Waals surface area (Å²) < 4.78 is 4.56. The van der Waals surface area contributed by atoms with Crippen LogP contribution in [0.4, 0.5) is 0 Å². The Labute approximate surface area is 54.5 Å². The first kappa shape index (κ1) is 6.33. The van der Waals surface area contributed by atoms with Gasteiger partial charge in [-0.3, -0.25) is 4.79 Å². The highest BCUT2D eigenvalue weighted by Gasteiger charge is 2.48. The van der Waals surface area contributed by atoms with Crippen LogP contribution in [0.25, 0.3) is 0 Å². The minimum absolute atomic E-state index is 0.141. The van der Waals surface area contributed by atoms with E-state index in [0.29, 0.717) is 0 Å². The van der Waals surface area contributed by atoms with Crippen LogP contribution in [0.1, 0.15) is 12.8 Å². The maximum Gasteiger partial charge on any atom is 0.315 e. The first-order valence-electron chi connectivity index (χ1n) is 2.97. The van der Waals surface area contributed by atoms with E-state index in [1.807, 2.05) is 0 Å². The van der Waals surface area contributed by atoms with E-state index in [4.69, 9.17) is 0 Å². The number of carbonyl (C=O) groups is 1. The van der Waals surface area contributed by atoms with Crippen LogP contribution < -0.4 is 0 Å². The zero-order valence-corrected chi connectivity index (χ0v) is 5.52. The van der Waals surface area contributed by atoms with Crippen LogP contribution >= 0.6 is 0 Å². The van der Waals surface area contributed by atoms with Gasteiger partial charge in [0.05, 0.1) is 12.5 Å². The molecule has 0 heterocycles. The first-order valence-corrected chi connectivity index (χ1v) is 2.97. The zero-order chi connectivity index (χ0) is 6.91. The minimum Gasteiger partial charge on any atom is -0.468 e. The summed E-state index contributed by atoms with van der Waals surface area (Å²) in [5.74, 6) is -0.141. The Hall–Kier alpha value is -0.790. The standard InChI is InChI=1S/C7H10O2/c1-3-7(4-5-7)6(8)9-2/h3H,1,4-5H2,2H3. The highest BCUT2D eigenvalue weighted by molar-refractivity contribution is 5.81. The third-order valence-corrected chi connectivity index (χ3v) is 1.77. The SMILES string of the molecule is C=CC1(C(=O)OC)CC1. The molecule has 0 atom stereocenters. The second kappa shape index (κ2) is 1.87. The summed E-state index contributed by atoms with van der Waals surface area (Å²) in [5.41, 5.74) is -0.297. The molecule has 0 aromatic carbocycles. The topological polar surface area (TPSA) is 26.3 Å². The highest BCUT2D eigenvalue weighted by atomic mass is 16.5. The number of esters is 1. The summed E-state index contributed by atoms with van der Waals surface area (Å²) in [6, 6.07) is 0. The van der Waals surface area contributed by atoms with E-state index < -0.39 is 0 Å². The quantitative estimate of drug-likeness (QED) is 0.409. The molecule has 2 heteroatoms. The highest BCUT2D eigenvalue weighted by Crippen LogP contribution is 2.47. The molecule has 1 fully saturated rings. The van der Waals surface area contributed by atoms with Gasteiger partial charge in [0.1, 0.15) is 0 Å². The smallest absolute Gasteiger partial charge is 0.315 e. The molecule has 1 aliphatic carbocycles. The minimum atomic E-state index is -0.297. The lowest BCUT2D eigenvalue weighted by Crippen LogP contribution is -2.13. The molecule has 1 saturated carbocycles. The van der Waals surface area contributed by atoms with E-state index in [1.165, 1.54) is 7.11 Å². The van der Waals surface area contributed by atoms with E-state index in [-0.39, 0.29) is 11.4 Å². The lowest BCUT2D eigenvalue weighted by Gasteiger charge is -2.03. The van der Waals surface area contributed by atoms with E-state index in [1.54, 1.807) is 6.08 Å². The summed E-state index contributed by atoms with van der Waals surface area (Å²) in [6.07, 6.45) is 3.49. The van der Waals surface area contributed by atoms with Crippen molar-refractivity contribution >= 4 is 5.97 Å². The average molecular weight is 126 g/mol. The molecule has 0 saturated heterocycles. The van der Waals surface area contributed by atoms with E-state index in [2.05, 4.69) is 11.3 Å². The van der Waals surface area contributed by atoms with Crippen molar-refractivity contribution in [2.45, 2.75) is 12.8 Å². The van der Waals surface area contributed by atoms with Crippen LogP contribution in [-0.2, 0) is 9.53 Å². The van der Waals surface area contributed by atoms with Gasteiger partial charge in [-0.05, 0) is 12.8 Å². The third kappa shape index (κ3) is 0.846. The van der Waals surface area contributed by atoms with Crippen LogP contribution in [0.2, 0.25) is 0 Å². The van der Waals surface area contributed by atoms with E-state index in [0.717, 1.165) is 12.8 Å². The van der Waals surface area contributed by atoms with Crippen LogP contribution in [0.5, 0.6) is 0 Å². The molecule has 0 aliphatic heterocycles. The summed E-state index contributed by atoms with van der Waals surface area (Å²) in [6.45, 7) is 3.56. The van der Waals surface area contributed by atoms with Gasteiger partial charge in [-0.25, -0.2) is 0 Å². The number of carbonyl (C=O) groups excluding carboxylic acids is 1. The lowest BCUT2D eigenvalue weighted by atomic mass is 10.1. The fraction of sp³-hybridized carbons (Fsp3) is 0.571. The Morgan fingerprint density at radius 2 is 2.33 bits per heavy atom. The molecule has 0 amide bonds. The van der Waals surface area contributed by atoms with Crippen molar-refractivity contribution < 1.29 is 9.53 Å². The molecule has 0 bridgehead atoms. The number of methoxy groups -OCH3 is 1. The molecule has 0 unspecified atom stereocenters. The Kier molecular flexibility index (Phi) is 1.31. The van der Waals surface area contributed by atoms with Crippen molar-refractivity contribution in [2.75, 3.05) is 7.11 Å². The Morgan fingerprint density at radius 1 is 1.78 bits per heavy atom. The van der Waals surface area contributed by atoms with Crippen LogP contribution in [0, 0.1) is 5.41 Å². The third-order valence-electron chi connectivity index (χ3n) is 1.77. The Balaban J connectivity index is 2.59. The molecular weight excluding hydrogens is 116 g/mol. The maximum absolute atomic E-state index is 10.8. The second-order valence-electron chi connectivity index (χ2n) is 2.35. The molecular formula is C7H10O2. The lowest BCUT2D eigenvalue weighted by molar-refractivity contribution is -0.145. The molecule has 50 valence electrons. The number of ether oxygens (including phenoxy) is 1. The first-order chi connectivity index (χ1) is 4.25. The van der Waals surface area contributed by atoms with Gasteiger partial charge in [0, 0.05) is 0 Å². The van der Waals surface area contributed by atoms with Gasteiger partial charge in [-0.15, -0.1) is 6.58 Å². The number of hydrogen-bond acceptors (Lipinski definition) is 2. The predicted molar refractivity (Wildman–Crippen MR) is 33.9 cm³/mol. The maximum atomic E-state index is 10.8. The van der Waals surface area contributed by atoms with Crippen molar-refractivity contribution in [1.29, 1.82) is 0 Å². The summed E-state index contributed by atoms with van der Waals surface area (Å²) in [7, 11) is 1.41. The van der Waals surface area contributed by atoms with Gasteiger partial charge >= 0.3 is 5.97 Å². The second-order valence-corrected chi connectivity index (χ2v) is 2.35. The molecule has 0 radical (unpaired) electrons. The normalized spacial score (nSPS) is 20.6. The number of hydrogen-bond donors (Lipinski definition) is 0. The summed E-state index contributed by atoms with van der Waals surface area (Å²) in [5, 5.41) is 0. The molecule has 0 aromatic heterocycles. The zero-order valence-electron chi connectivity index (χ0n) is 5.52. The average Bonchev–Trinajstić information content (AvgIpc) is 2.66. The molecule has 1 aliphatic rings. The van der Waals surface area contributed by atoms with Gasteiger partial charge in [0.15, 0.2) is 0 Å². The monoisotopic (exact) mass is 126 g/mol. The fourth-order valence-corrected chi connectivity index (χ4v) is 0.830.